The van der Waals surface area contributed by atoms with E-state index in [1.54, 1.807) is 4.90 Å². The fourth-order valence-corrected chi connectivity index (χ4v) is 3.87. The zero-order valence-electron chi connectivity index (χ0n) is 12.6. The zero-order chi connectivity index (χ0) is 16.6. The Kier molecular flexibility index (Phi) is 4.11. The Labute approximate surface area is 134 Å². The first-order valence-electron chi connectivity index (χ1n) is 7.59. The van der Waals surface area contributed by atoms with Gasteiger partial charge in [-0.1, -0.05) is 12.8 Å². The van der Waals surface area contributed by atoms with Crippen LogP contribution in [0.4, 0.5) is 0 Å². The molecule has 3 N–H and O–H groups in total. The lowest BCUT2D eigenvalue weighted by Gasteiger charge is -2.44. The molecule has 1 aliphatic carbocycles. The minimum atomic E-state index is -3.79. The van der Waals surface area contributed by atoms with Crippen molar-refractivity contribution < 1.29 is 18.0 Å². The molecule has 1 heterocycles. The Morgan fingerprint density at radius 1 is 1.17 bits per heavy atom. The van der Waals surface area contributed by atoms with Gasteiger partial charge in [0.05, 0.1) is 10.9 Å². The fraction of sp³-hybridized carbons (Fsp3) is 0.467. The molecule has 0 radical (unpaired) electrons. The molecule has 7 nitrogen and oxygen atoms in total. The van der Waals surface area contributed by atoms with Crippen LogP contribution in [0.5, 0.6) is 0 Å². The Morgan fingerprint density at radius 2 is 1.83 bits per heavy atom. The molecule has 0 spiro atoms. The van der Waals surface area contributed by atoms with Crippen molar-refractivity contribution in [3.8, 4) is 0 Å². The van der Waals surface area contributed by atoms with Gasteiger partial charge in [-0.25, -0.2) is 13.6 Å². The lowest BCUT2D eigenvalue weighted by molar-refractivity contribution is -0.127. The summed E-state index contributed by atoms with van der Waals surface area (Å²) in [6, 6.07) is 5.51. The van der Waals surface area contributed by atoms with Crippen molar-refractivity contribution in [2.45, 2.75) is 42.7 Å². The highest BCUT2D eigenvalue weighted by Gasteiger charge is 2.39. The van der Waals surface area contributed by atoms with Gasteiger partial charge in [-0.2, -0.15) is 0 Å². The van der Waals surface area contributed by atoms with E-state index in [2.05, 4.69) is 5.32 Å². The molecule has 1 aromatic carbocycles. The van der Waals surface area contributed by atoms with E-state index in [-0.39, 0.29) is 35.3 Å². The van der Waals surface area contributed by atoms with E-state index in [9.17, 15) is 18.0 Å². The summed E-state index contributed by atoms with van der Waals surface area (Å²) in [5, 5.41) is 8.01. The van der Waals surface area contributed by atoms with E-state index in [0.29, 0.717) is 5.56 Å². The smallest absolute Gasteiger partial charge is 0.254 e. The van der Waals surface area contributed by atoms with Crippen LogP contribution in [-0.4, -0.2) is 43.8 Å². The number of nitrogens with two attached hydrogens (primary N) is 1. The largest absolute Gasteiger partial charge is 0.350 e. The molecular weight excluding hydrogens is 318 g/mol. The van der Waals surface area contributed by atoms with E-state index in [1.165, 1.54) is 24.3 Å². The van der Waals surface area contributed by atoms with Crippen LogP contribution in [0.1, 0.15) is 36.0 Å². The number of piperazine rings is 1. The summed E-state index contributed by atoms with van der Waals surface area (Å²) >= 11 is 0. The van der Waals surface area contributed by atoms with Crippen LogP contribution < -0.4 is 10.5 Å². The van der Waals surface area contributed by atoms with E-state index in [4.69, 9.17) is 5.14 Å². The van der Waals surface area contributed by atoms with E-state index in [0.717, 1.165) is 25.7 Å². The summed E-state index contributed by atoms with van der Waals surface area (Å²) in [7, 11) is -3.79. The van der Waals surface area contributed by atoms with E-state index in [1.807, 2.05) is 0 Å². The zero-order valence-corrected chi connectivity index (χ0v) is 13.4. The van der Waals surface area contributed by atoms with Crippen LogP contribution in [0.25, 0.3) is 0 Å². The maximum absolute atomic E-state index is 12.7. The van der Waals surface area contributed by atoms with Crippen LogP contribution in [0.15, 0.2) is 29.2 Å². The highest BCUT2D eigenvalue weighted by Crippen LogP contribution is 2.27. The maximum Gasteiger partial charge on any atom is 0.254 e. The third-order valence-electron chi connectivity index (χ3n) is 4.48. The van der Waals surface area contributed by atoms with Gasteiger partial charge >= 0.3 is 0 Å². The predicted molar refractivity (Wildman–Crippen MR) is 83.0 cm³/mol. The van der Waals surface area contributed by atoms with Crippen LogP contribution in [0.2, 0.25) is 0 Å². The number of rotatable bonds is 2. The Morgan fingerprint density at radius 3 is 2.48 bits per heavy atom. The van der Waals surface area contributed by atoms with E-state index < -0.39 is 10.0 Å². The van der Waals surface area contributed by atoms with Gasteiger partial charge < -0.3 is 10.2 Å². The second-order valence-corrected chi connectivity index (χ2v) is 7.59. The highest BCUT2D eigenvalue weighted by molar-refractivity contribution is 7.89. The molecule has 23 heavy (non-hydrogen) atoms. The highest BCUT2D eigenvalue weighted by atomic mass is 32.2. The van der Waals surface area contributed by atoms with Crippen molar-refractivity contribution in [3.63, 3.8) is 0 Å². The minimum absolute atomic E-state index is 0.00636. The lowest BCUT2D eigenvalue weighted by atomic mass is 9.87. The van der Waals surface area contributed by atoms with Gasteiger partial charge in [-0.05, 0) is 37.1 Å². The topological polar surface area (TPSA) is 110 Å². The van der Waals surface area contributed by atoms with Crippen molar-refractivity contribution in [3.05, 3.63) is 29.8 Å². The van der Waals surface area contributed by atoms with Gasteiger partial charge in [0.25, 0.3) is 5.91 Å². The number of carbonyl (C=O) groups is 2. The molecule has 2 amide bonds. The van der Waals surface area contributed by atoms with Gasteiger partial charge in [0.2, 0.25) is 15.9 Å². The summed E-state index contributed by atoms with van der Waals surface area (Å²) in [6.07, 6.45) is 3.83. The summed E-state index contributed by atoms with van der Waals surface area (Å²) in [6.45, 7) is 0.0386. The van der Waals surface area contributed by atoms with Crippen molar-refractivity contribution in [1.29, 1.82) is 0 Å². The molecule has 124 valence electrons. The molecule has 1 aliphatic heterocycles. The SMILES string of the molecule is NS(=O)(=O)c1ccc(C(=O)N2CC(=O)N[C@H]3CCCC[C@H]32)cc1. The van der Waals surface area contributed by atoms with E-state index >= 15 is 0 Å². The average molecular weight is 337 g/mol. The molecule has 0 unspecified atom stereocenters. The Bertz CT molecular complexity index is 730. The normalized spacial score (nSPS) is 24.7. The number of primary sulfonamides is 1. The quantitative estimate of drug-likeness (QED) is 0.804. The molecule has 8 heteroatoms. The maximum atomic E-state index is 12.7. The second kappa shape index (κ2) is 5.93. The summed E-state index contributed by atoms with van der Waals surface area (Å²) < 4.78 is 22.6. The number of nitrogens with zero attached hydrogens (tertiary/aromatic N) is 1. The third kappa shape index (κ3) is 3.23. The first-order chi connectivity index (χ1) is 10.9. The predicted octanol–water partition coefficient (Wildman–Crippen LogP) is 0.217. The first-order valence-corrected chi connectivity index (χ1v) is 9.14. The van der Waals surface area contributed by atoms with Gasteiger partial charge in [0.1, 0.15) is 6.54 Å². The minimum Gasteiger partial charge on any atom is -0.350 e. The third-order valence-corrected chi connectivity index (χ3v) is 5.41. The molecule has 1 aromatic rings. The molecule has 2 atom stereocenters. The summed E-state index contributed by atoms with van der Waals surface area (Å²) in [5.41, 5.74) is 0.358. The standard InChI is InChI=1S/C15H19N3O4S/c16-23(21,22)11-7-5-10(6-8-11)15(20)18-9-14(19)17-12-3-1-2-4-13(12)18/h5-8,12-13H,1-4,9H2,(H,17,19)(H2,16,21,22)/t12-,13+/m0/s1. The van der Waals surface area contributed by atoms with Gasteiger partial charge in [0, 0.05) is 11.6 Å². The number of hydrogen-bond acceptors (Lipinski definition) is 4. The number of nitrogens with one attached hydrogen (secondary N) is 1. The van der Waals surface area contributed by atoms with Gasteiger partial charge in [-0.3, -0.25) is 9.59 Å². The van der Waals surface area contributed by atoms with Gasteiger partial charge in [0.15, 0.2) is 0 Å². The number of sulfonamides is 1. The monoisotopic (exact) mass is 337 g/mol. The van der Waals surface area contributed by atoms with Crippen LogP contribution in [-0.2, 0) is 14.8 Å². The molecule has 0 bridgehead atoms. The number of benzene rings is 1. The first kappa shape index (κ1) is 15.9. The molecule has 1 saturated heterocycles. The number of amides is 2. The fourth-order valence-electron chi connectivity index (χ4n) is 3.35. The number of carbonyl (C=O) groups excluding carboxylic acids is 2. The molecule has 1 saturated carbocycles. The van der Waals surface area contributed by atoms with Crippen molar-refractivity contribution in [1.82, 2.24) is 10.2 Å². The van der Waals surface area contributed by atoms with Crippen LogP contribution >= 0.6 is 0 Å². The van der Waals surface area contributed by atoms with Gasteiger partial charge in [-0.15, -0.1) is 0 Å². The van der Waals surface area contributed by atoms with Crippen LogP contribution in [0.3, 0.4) is 0 Å². The molecular formula is C15H19N3O4S. The van der Waals surface area contributed by atoms with Crippen molar-refractivity contribution in [2.75, 3.05) is 6.54 Å². The van der Waals surface area contributed by atoms with Crippen molar-refractivity contribution >= 4 is 21.8 Å². The number of hydrogen-bond donors (Lipinski definition) is 2. The van der Waals surface area contributed by atoms with Crippen molar-refractivity contribution in [2.24, 2.45) is 5.14 Å². The lowest BCUT2D eigenvalue weighted by Crippen LogP contribution is -2.62. The summed E-state index contributed by atoms with van der Waals surface area (Å²) in [5.74, 6) is -0.402. The molecule has 2 fully saturated rings. The van der Waals surface area contributed by atoms with Crippen LogP contribution in [0, 0.1) is 0 Å². The number of fused-ring (bicyclic) bond motifs is 1. The molecule has 0 aromatic heterocycles. The molecule has 2 aliphatic rings. The Hall–Kier alpha value is -1.93. The average Bonchev–Trinajstić information content (AvgIpc) is 2.52. The second-order valence-electron chi connectivity index (χ2n) is 6.03. The Balaban J connectivity index is 1.84. The summed E-state index contributed by atoms with van der Waals surface area (Å²) in [4.78, 5) is 26.1. The molecule has 3 rings (SSSR count).